The topological polar surface area (TPSA) is 50.4 Å². The molecule has 4 nitrogen and oxygen atoms in total. The molecule has 0 saturated heterocycles. The van der Waals surface area contributed by atoms with Crippen LogP contribution in [-0.2, 0) is 4.74 Å². The summed E-state index contributed by atoms with van der Waals surface area (Å²) < 4.78 is 5.54. The fourth-order valence-corrected chi connectivity index (χ4v) is 2.41. The van der Waals surface area contributed by atoms with Crippen molar-refractivity contribution in [3.05, 3.63) is 42.5 Å². The molecule has 1 saturated carbocycles. The number of rotatable bonds is 7. The lowest BCUT2D eigenvalue weighted by Gasteiger charge is -2.10. The SMILES string of the molecule is O=C(NCCCOCC1CC1)Nc1cccc2ccccc12. The van der Waals surface area contributed by atoms with Crippen molar-refractivity contribution in [2.24, 2.45) is 5.92 Å². The van der Waals surface area contributed by atoms with Gasteiger partial charge >= 0.3 is 6.03 Å². The lowest BCUT2D eigenvalue weighted by atomic mass is 10.1. The number of nitrogens with one attached hydrogen (secondary N) is 2. The minimum absolute atomic E-state index is 0.168. The molecule has 4 heteroatoms. The van der Waals surface area contributed by atoms with Crippen LogP contribution in [0.1, 0.15) is 19.3 Å². The average molecular weight is 298 g/mol. The van der Waals surface area contributed by atoms with Crippen LogP contribution in [0, 0.1) is 5.92 Å². The number of benzene rings is 2. The number of carbonyl (C=O) groups excluding carboxylic acids is 1. The summed E-state index contributed by atoms with van der Waals surface area (Å²) in [6.07, 6.45) is 3.47. The van der Waals surface area contributed by atoms with E-state index in [-0.39, 0.29) is 6.03 Å². The molecule has 3 rings (SSSR count). The van der Waals surface area contributed by atoms with Crippen molar-refractivity contribution in [1.29, 1.82) is 0 Å². The van der Waals surface area contributed by atoms with E-state index in [0.29, 0.717) is 13.2 Å². The van der Waals surface area contributed by atoms with E-state index < -0.39 is 0 Å². The molecular formula is C18H22N2O2. The zero-order valence-electron chi connectivity index (χ0n) is 12.7. The molecule has 0 spiro atoms. The standard InChI is InChI=1S/C18H22N2O2/c21-18(19-11-4-12-22-13-14-9-10-14)20-17-8-3-6-15-5-1-2-7-16(15)17/h1-3,5-8,14H,4,9-13H2,(H2,19,20,21). The second-order valence-electron chi connectivity index (χ2n) is 5.78. The van der Waals surface area contributed by atoms with Gasteiger partial charge in [0, 0.05) is 25.1 Å². The number of fused-ring (bicyclic) bond motifs is 1. The Balaban J connectivity index is 1.42. The summed E-state index contributed by atoms with van der Waals surface area (Å²) in [5, 5.41) is 7.95. The largest absolute Gasteiger partial charge is 0.381 e. The Hall–Kier alpha value is -2.07. The van der Waals surface area contributed by atoms with Gasteiger partial charge in [-0.2, -0.15) is 0 Å². The second kappa shape index (κ2) is 7.27. The van der Waals surface area contributed by atoms with Crippen LogP contribution in [0.15, 0.2) is 42.5 Å². The van der Waals surface area contributed by atoms with Crippen molar-refractivity contribution in [2.75, 3.05) is 25.1 Å². The van der Waals surface area contributed by atoms with E-state index in [1.165, 1.54) is 12.8 Å². The molecule has 1 aliphatic rings. The van der Waals surface area contributed by atoms with Crippen LogP contribution in [0.5, 0.6) is 0 Å². The van der Waals surface area contributed by atoms with Crippen LogP contribution < -0.4 is 10.6 Å². The van der Waals surface area contributed by atoms with Gasteiger partial charge < -0.3 is 15.4 Å². The average Bonchev–Trinajstić information content (AvgIpc) is 3.35. The Kier molecular flexibility index (Phi) is 4.91. The number of urea groups is 1. The van der Waals surface area contributed by atoms with E-state index in [1.807, 2.05) is 42.5 Å². The van der Waals surface area contributed by atoms with Gasteiger partial charge in [0.2, 0.25) is 0 Å². The minimum Gasteiger partial charge on any atom is -0.381 e. The number of amides is 2. The summed E-state index contributed by atoms with van der Waals surface area (Å²) in [5.74, 6) is 0.794. The molecule has 1 aliphatic carbocycles. The highest BCUT2D eigenvalue weighted by Gasteiger charge is 2.20. The number of hydrogen-bond acceptors (Lipinski definition) is 2. The van der Waals surface area contributed by atoms with Crippen LogP contribution in [0.25, 0.3) is 10.8 Å². The lowest BCUT2D eigenvalue weighted by Crippen LogP contribution is -2.30. The number of carbonyl (C=O) groups is 1. The van der Waals surface area contributed by atoms with Crippen LogP contribution >= 0.6 is 0 Å². The molecule has 22 heavy (non-hydrogen) atoms. The van der Waals surface area contributed by atoms with Gasteiger partial charge in [-0.3, -0.25) is 0 Å². The first-order valence-electron chi connectivity index (χ1n) is 7.93. The Morgan fingerprint density at radius 2 is 1.95 bits per heavy atom. The molecule has 0 aliphatic heterocycles. The summed E-state index contributed by atoms with van der Waals surface area (Å²) in [4.78, 5) is 11.9. The normalized spacial score (nSPS) is 14.0. The van der Waals surface area contributed by atoms with Gasteiger partial charge in [0.1, 0.15) is 0 Å². The molecule has 2 N–H and O–H groups in total. The third-order valence-corrected chi connectivity index (χ3v) is 3.84. The van der Waals surface area contributed by atoms with E-state index in [4.69, 9.17) is 4.74 Å². The summed E-state index contributed by atoms with van der Waals surface area (Å²) >= 11 is 0. The van der Waals surface area contributed by atoms with Crippen LogP contribution in [-0.4, -0.2) is 25.8 Å². The number of anilines is 1. The first kappa shape index (κ1) is 14.9. The predicted molar refractivity (Wildman–Crippen MR) is 89.1 cm³/mol. The van der Waals surface area contributed by atoms with Gasteiger partial charge in [-0.25, -0.2) is 4.79 Å². The fraction of sp³-hybridized carbons (Fsp3) is 0.389. The zero-order valence-corrected chi connectivity index (χ0v) is 12.7. The molecule has 1 fully saturated rings. The molecule has 0 heterocycles. The molecule has 0 aromatic heterocycles. The molecular weight excluding hydrogens is 276 g/mol. The maximum Gasteiger partial charge on any atom is 0.319 e. The van der Waals surface area contributed by atoms with E-state index in [0.717, 1.165) is 35.4 Å². The molecule has 2 amide bonds. The molecule has 2 aromatic rings. The van der Waals surface area contributed by atoms with Gasteiger partial charge in [0.15, 0.2) is 0 Å². The van der Waals surface area contributed by atoms with Gasteiger partial charge in [-0.1, -0.05) is 36.4 Å². The van der Waals surface area contributed by atoms with Crippen LogP contribution in [0.4, 0.5) is 10.5 Å². The van der Waals surface area contributed by atoms with Gasteiger partial charge in [0.05, 0.1) is 5.69 Å². The molecule has 116 valence electrons. The van der Waals surface area contributed by atoms with Crippen molar-refractivity contribution in [2.45, 2.75) is 19.3 Å². The molecule has 0 bridgehead atoms. The van der Waals surface area contributed by atoms with E-state index in [9.17, 15) is 4.79 Å². The van der Waals surface area contributed by atoms with Crippen LogP contribution in [0.2, 0.25) is 0 Å². The highest BCUT2D eigenvalue weighted by atomic mass is 16.5. The molecule has 0 atom stereocenters. The Bertz CT molecular complexity index is 633. The maximum absolute atomic E-state index is 11.9. The maximum atomic E-state index is 11.9. The number of ether oxygens (including phenoxy) is 1. The van der Waals surface area contributed by atoms with E-state index in [2.05, 4.69) is 10.6 Å². The molecule has 0 unspecified atom stereocenters. The second-order valence-corrected chi connectivity index (χ2v) is 5.78. The zero-order chi connectivity index (χ0) is 15.2. The van der Waals surface area contributed by atoms with Gasteiger partial charge in [-0.15, -0.1) is 0 Å². The Labute approximate surface area is 130 Å². The van der Waals surface area contributed by atoms with Crippen molar-refractivity contribution in [1.82, 2.24) is 5.32 Å². The van der Waals surface area contributed by atoms with Gasteiger partial charge in [-0.05, 0) is 36.6 Å². The monoisotopic (exact) mass is 298 g/mol. The summed E-state index contributed by atoms with van der Waals surface area (Å²) in [7, 11) is 0. The third-order valence-electron chi connectivity index (χ3n) is 3.84. The Morgan fingerprint density at radius 3 is 2.82 bits per heavy atom. The molecule has 0 radical (unpaired) electrons. The summed E-state index contributed by atoms with van der Waals surface area (Å²) in [6.45, 7) is 2.22. The fourth-order valence-electron chi connectivity index (χ4n) is 2.41. The highest BCUT2D eigenvalue weighted by molar-refractivity contribution is 6.01. The van der Waals surface area contributed by atoms with Crippen molar-refractivity contribution in [3.63, 3.8) is 0 Å². The van der Waals surface area contributed by atoms with Crippen molar-refractivity contribution in [3.8, 4) is 0 Å². The van der Waals surface area contributed by atoms with Crippen LogP contribution in [0.3, 0.4) is 0 Å². The highest BCUT2D eigenvalue weighted by Crippen LogP contribution is 2.28. The lowest BCUT2D eigenvalue weighted by molar-refractivity contribution is 0.122. The Morgan fingerprint density at radius 1 is 1.14 bits per heavy atom. The third kappa shape index (κ3) is 4.21. The summed E-state index contributed by atoms with van der Waals surface area (Å²) in [6, 6.07) is 13.8. The van der Waals surface area contributed by atoms with Crippen molar-refractivity contribution >= 4 is 22.5 Å². The smallest absolute Gasteiger partial charge is 0.319 e. The van der Waals surface area contributed by atoms with E-state index in [1.54, 1.807) is 0 Å². The number of hydrogen-bond donors (Lipinski definition) is 2. The van der Waals surface area contributed by atoms with Gasteiger partial charge in [0.25, 0.3) is 0 Å². The molecule has 2 aromatic carbocycles. The van der Waals surface area contributed by atoms with Crippen molar-refractivity contribution < 1.29 is 9.53 Å². The minimum atomic E-state index is -0.168. The quantitative estimate of drug-likeness (QED) is 0.764. The summed E-state index contributed by atoms with van der Waals surface area (Å²) in [5.41, 5.74) is 0.834. The van der Waals surface area contributed by atoms with E-state index >= 15 is 0 Å². The first-order valence-corrected chi connectivity index (χ1v) is 7.93. The predicted octanol–water partition coefficient (Wildman–Crippen LogP) is 3.78. The first-order chi connectivity index (χ1) is 10.8.